The molecule has 2 aliphatic heterocycles. The molecule has 0 bridgehead atoms. The minimum Gasteiger partial charge on any atom is -0.508 e. The zero-order valence-electron chi connectivity index (χ0n) is 10.9. The fraction of sp³-hybridized carbons (Fsp3) is 0.533. The minimum absolute atomic E-state index is 0.260. The van der Waals surface area contributed by atoms with E-state index in [4.69, 9.17) is 10.00 Å². The Balaban J connectivity index is 1.69. The summed E-state index contributed by atoms with van der Waals surface area (Å²) in [5.74, 6) is 0.550. The molecule has 2 fully saturated rings. The summed E-state index contributed by atoms with van der Waals surface area (Å²) in [6.07, 6.45) is 2.19. The van der Waals surface area contributed by atoms with Crippen LogP contribution >= 0.6 is 0 Å². The summed E-state index contributed by atoms with van der Waals surface area (Å²) >= 11 is 0. The number of nitriles is 1. The first-order valence-electron chi connectivity index (χ1n) is 6.83. The highest BCUT2D eigenvalue weighted by atomic mass is 16.5. The largest absolute Gasteiger partial charge is 0.508 e. The fourth-order valence-electron chi connectivity index (χ4n) is 3.12. The van der Waals surface area contributed by atoms with Crippen LogP contribution in [0, 0.1) is 11.3 Å². The van der Waals surface area contributed by atoms with Gasteiger partial charge in [-0.05, 0) is 25.0 Å². The molecule has 0 spiro atoms. The first kappa shape index (κ1) is 12.5. The van der Waals surface area contributed by atoms with E-state index < -0.39 is 0 Å². The zero-order chi connectivity index (χ0) is 13.2. The Bertz CT molecular complexity index is 497. The molecule has 3 rings (SSSR count). The van der Waals surface area contributed by atoms with Gasteiger partial charge in [0, 0.05) is 43.8 Å². The molecular weight excluding hydrogens is 240 g/mol. The summed E-state index contributed by atoms with van der Waals surface area (Å²) < 4.78 is 5.38. The van der Waals surface area contributed by atoms with Crippen LogP contribution in [0.5, 0.6) is 5.75 Å². The van der Waals surface area contributed by atoms with Crippen LogP contribution < -0.4 is 0 Å². The van der Waals surface area contributed by atoms with Gasteiger partial charge in [0.25, 0.3) is 0 Å². The molecule has 4 nitrogen and oxygen atoms in total. The molecule has 1 N–H and O–H groups in total. The number of likely N-dealkylation sites (tertiary alicyclic amines) is 1. The molecule has 4 heteroatoms. The van der Waals surface area contributed by atoms with E-state index in [0.717, 1.165) is 44.7 Å². The Morgan fingerprint density at radius 1 is 1.26 bits per heavy atom. The molecule has 100 valence electrons. The molecule has 2 heterocycles. The number of benzene rings is 1. The molecule has 1 aromatic carbocycles. The molecule has 2 aliphatic rings. The lowest BCUT2D eigenvalue weighted by molar-refractivity contribution is 0.00127. The van der Waals surface area contributed by atoms with E-state index in [-0.39, 0.29) is 5.75 Å². The van der Waals surface area contributed by atoms with Crippen molar-refractivity contribution in [3.8, 4) is 11.8 Å². The van der Waals surface area contributed by atoms with Gasteiger partial charge in [-0.3, -0.25) is 4.90 Å². The van der Waals surface area contributed by atoms with Crippen molar-refractivity contribution in [3.05, 3.63) is 29.3 Å². The fourth-order valence-corrected chi connectivity index (χ4v) is 3.12. The van der Waals surface area contributed by atoms with E-state index in [0.29, 0.717) is 17.5 Å². The van der Waals surface area contributed by atoms with E-state index in [1.54, 1.807) is 18.2 Å². The molecule has 0 aliphatic carbocycles. The van der Waals surface area contributed by atoms with Gasteiger partial charge >= 0.3 is 0 Å². The molecule has 0 saturated carbocycles. The molecule has 0 radical (unpaired) electrons. The van der Waals surface area contributed by atoms with Gasteiger partial charge in [-0.2, -0.15) is 5.26 Å². The van der Waals surface area contributed by atoms with Gasteiger partial charge in [-0.15, -0.1) is 0 Å². The number of hydrogen-bond acceptors (Lipinski definition) is 4. The molecule has 19 heavy (non-hydrogen) atoms. The monoisotopic (exact) mass is 258 g/mol. The molecule has 0 atom stereocenters. The van der Waals surface area contributed by atoms with Crippen molar-refractivity contribution >= 4 is 0 Å². The lowest BCUT2D eigenvalue weighted by Crippen LogP contribution is -2.52. The second kappa shape index (κ2) is 5.20. The predicted octanol–water partition coefficient (Wildman–Crippen LogP) is 1.84. The lowest BCUT2D eigenvalue weighted by Gasteiger charge is -2.46. The normalized spacial score (nSPS) is 21.8. The van der Waals surface area contributed by atoms with Crippen molar-refractivity contribution in [2.45, 2.75) is 24.8 Å². The highest BCUT2D eigenvalue weighted by molar-refractivity contribution is 5.49. The topological polar surface area (TPSA) is 56.5 Å². The van der Waals surface area contributed by atoms with E-state index in [1.165, 1.54) is 0 Å². The highest BCUT2D eigenvalue weighted by Crippen LogP contribution is 2.37. The van der Waals surface area contributed by atoms with E-state index in [9.17, 15) is 5.11 Å². The summed E-state index contributed by atoms with van der Waals surface area (Å²) in [6.45, 7) is 3.59. The van der Waals surface area contributed by atoms with Gasteiger partial charge in [-0.25, -0.2) is 0 Å². The zero-order valence-corrected chi connectivity index (χ0v) is 10.9. The Morgan fingerprint density at radius 2 is 2.00 bits per heavy atom. The number of ether oxygens (including phenoxy) is 1. The Labute approximate surface area is 113 Å². The first-order valence-corrected chi connectivity index (χ1v) is 6.83. The molecule has 0 aromatic heterocycles. The average Bonchev–Trinajstić information content (AvgIpc) is 2.40. The van der Waals surface area contributed by atoms with Crippen LogP contribution in [-0.2, 0) is 4.74 Å². The van der Waals surface area contributed by atoms with E-state index in [1.807, 2.05) is 0 Å². The Kier molecular flexibility index (Phi) is 3.41. The van der Waals surface area contributed by atoms with Crippen LogP contribution in [0.4, 0.5) is 0 Å². The third-order valence-corrected chi connectivity index (χ3v) is 4.23. The van der Waals surface area contributed by atoms with Crippen molar-refractivity contribution in [2.75, 3.05) is 26.3 Å². The molecular formula is C15H18N2O2. The van der Waals surface area contributed by atoms with Crippen LogP contribution in [-0.4, -0.2) is 42.4 Å². The maximum absolute atomic E-state index is 9.96. The van der Waals surface area contributed by atoms with Crippen molar-refractivity contribution in [2.24, 2.45) is 0 Å². The molecule has 0 amide bonds. The summed E-state index contributed by atoms with van der Waals surface area (Å²) in [5, 5.41) is 19.1. The van der Waals surface area contributed by atoms with Crippen LogP contribution in [0.2, 0.25) is 0 Å². The Hall–Kier alpha value is -1.57. The summed E-state index contributed by atoms with van der Waals surface area (Å²) in [6, 6.07) is 7.98. The molecule has 2 saturated heterocycles. The summed E-state index contributed by atoms with van der Waals surface area (Å²) in [5.41, 5.74) is 1.44. The number of aromatic hydroxyl groups is 1. The van der Waals surface area contributed by atoms with Crippen LogP contribution in [0.15, 0.2) is 18.2 Å². The van der Waals surface area contributed by atoms with Crippen molar-refractivity contribution in [1.82, 2.24) is 4.90 Å². The van der Waals surface area contributed by atoms with Crippen LogP contribution in [0.1, 0.15) is 29.9 Å². The molecule has 0 unspecified atom stereocenters. The summed E-state index contributed by atoms with van der Waals surface area (Å²) in [7, 11) is 0. The third kappa shape index (κ3) is 2.32. The SMILES string of the molecule is N#Cc1cccc(O)c1C1CN(C2CCOCC2)C1. The van der Waals surface area contributed by atoms with Gasteiger partial charge in [-0.1, -0.05) is 6.07 Å². The van der Waals surface area contributed by atoms with Crippen molar-refractivity contribution in [1.29, 1.82) is 5.26 Å². The van der Waals surface area contributed by atoms with Gasteiger partial charge in [0.1, 0.15) is 5.75 Å². The smallest absolute Gasteiger partial charge is 0.120 e. The number of rotatable bonds is 2. The number of phenolic OH excluding ortho intramolecular Hbond substituents is 1. The Morgan fingerprint density at radius 3 is 2.68 bits per heavy atom. The molecule has 1 aromatic rings. The average molecular weight is 258 g/mol. The van der Waals surface area contributed by atoms with Gasteiger partial charge < -0.3 is 9.84 Å². The van der Waals surface area contributed by atoms with Gasteiger partial charge in [0.15, 0.2) is 0 Å². The van der Waals surface area contributed by atoms with E-state index >= 15 is 0 Å². The van der Waals surface area contributed by atoms with Crippen molar-refractivity contribution < 1.29 is 9.84 Å². The standard InChI is InChI=1S/C15H18N2O2/c16-8-11-2-1-3-14(18)15(11)12-9-17(10-12)13-4-6-19-7-5-13/h1-3,12-13,18H,4-7,9-10H2. The quantitative estimate of drug-likeness (QED) is 0.879. The second-order valence-electron chi connectivity index (χ2n) is 5.34. The maximum Gasteiger partial charge on any atom is 0.120 e. The third-order valence-electron chi connectivity index (χ3n) is 4.23. The summed E-state index contributed by atoms with van der Waals surface area (Å²) in [4.78, 5) is 2.45. The van der Waals surface area contributed by atoms with Gasteiger partial charge in [0.2, 0.25) is 0 Å². The van der Waals surface area contributed by atoms with Crippen molar-refractivity contribution in [3.63, 3.8) is 0 Å². The lowest BCUT2D eigenvalue weighted by atomic mass is 9.85. The predicted molar refractivity (Wildman–Crippen MR) is 71.0 cm³/mol. The number of phenols is 1. The first-order chi connectivity index (χ1) is 9.29. The number of nitrogens with zero attached hydrogens (tertiary/aromatic N) is 2. The highest BCUT2D eigenvalue weighted by Gasteiger charge is 2.36. The minimum atomic E-state index is 0.260. The van der Waals surface area contributed by atoms with Crippen LogP contribution in [0.25, 0.3) is 0 Å². The van der Waals surface area contributed by atoms with Gasteiger partial charge in [0.05, 0.1) is 11.6 Å². The van der Waals surface area contributed by atoms with Crippen LogP contribution in [0.3, 0.4) is 0 Å². The van der Waals surface area contributed by atoms with E-state index in [2.05, 4.69) is 11.0 Å². The second-order valence-corrected chi connectivity index (χ2v) is 5.34. The number of hydrogen-bond donors (Lipinski definition) is 1. The maximum atomic E-state index is 9.96.